The Labute approximate surface area is 77.8 Å². The lowest BCUT2D eigenvalue weighted by molar-refractivity contribution is 0.173. The van der Waals surface area contributed by atoms with E-state index in [1.807, 2.05) is 24.3 Å². The Morgan fingerprint density at radius 3 is 3.08 bits per heavy atom. The fourth-order valence-corrected chi connectivity index (χ4v) is 1.44. The van der Waals surface area contributed by atoms with Crippen LogP contribution in [0.25, 0.3) is 0 Å². The van der Waals surface area contributed by atoms with Crippen LogP contribution in [0, 0.1) is 0 Å². The van der Waals surface area contributed by atoms with Crippen molar-refractivity contribution in [1.82, 2.24) is 0 Å². The summed E-state index contributed by atoms with van der Waals surface area (Å²) in [4.78, 5) is 0. The zero-order valence-corrected chi connectivity index (χ0v) is 7.57. The van der Waals surface area contributed by atoms with Crippen LogP contribution < -0.4 is 4.74 Å². The van der Waals surface area contributed by atoms with E-state index in [0.29, 0.717) is 0 Å². The third kappa shape index (κ3) is 1.66. The molecule has 0 aliphatic carbocycles. The normalized spacial score (nSPS) is 19.9. The molecule has 68 valence electrons. The maximum absolute atomic E-state index is 5.40. The Kier molecular flexibility index (Phi) is 2.21. The van der Waals surface area contributed by atoms with Crippen LogP contribution in [-0.2, 0) is 4.74 Å². The van der Waals surface area contributed by atoms with Gasteiger partial charge in [-0.15, -0.1) is 0 Å². The van der Waals surface area contributed by atoms with Crippen LogP contribution in [0.4, 0.5) is 0 Å². The molecule has 1 atom stereocenters. The van der Waals surface area contributed by atoms with Gasteiger partial charge in [0.25, 0.3) is 0 Å². The minimum absolute atomic E-state index is 0.176. The summed E-state index contributed by atoms with van der Waals surface area (Å²) in [6.45, 7) is 0. The summed E-state index contributed by atoms with van der Waals surface area (Å²) in [6, 6.07) is 7.99. The highest BCUT2D eigenvalue weighted by Crippen LogP contribution is 2.28. The molecule has 1 aromatic carbocycles. The minimum Gasteiger partial charge on any atom is -0.497 e. The summed E-state index contributed by atoms with van der Waals surface area (Å²) in [7, 11) is 1.67. The number of hydrogen-bond donors (Lipinski definition) is 0. The van der Waals surface area contributed by atoms with Gasteiger partial charge in [0.1, 0.15) is 11.9 Å². The Morgan fingerprint density at radius 1 is 1.46 bits per heavy atom. The lowest BCUT2D eigenvalue weighted by Gasteiger charge is -2.11. The van der Waals surface area contributed by atoms with Gasteiger partial charge in [-0.1, -0.05) is 12.1 Å². The fourth-order valence-electron chi connectivity index (χ4n) is 1.44. The minimum atomic E-state index is 0.176. The Bertz CT molecular complexity index is 310. The Balaban J connectivity index is 2.19. The average molecular weight is 176 g/mol. The van der Waals surface area contributed by atoms with Crippen LogP contribution in [0.5, 0.6) is 5.75 Å². The average Bonchev–Trinajstić information content (AvgIpc) is 2.71. The van der Waals surface area contributed by atoms with Crippen molar-refractivity contribution in [3.63, 3.8) is 0 Å². The molecule has 0 aromatic heterocycles. The fraction of sp³-hybridized carbons (Fsp3) is 0.273. The maximum atomic E-state index is 5.40. The third-order valence-electron chi connectivity index (χ3n) is 2.15. The first-order valence-corrected chi connectivity index (χ1v) is 4.34. The van der Waals surface area contributed by atoms with E-state index in [1.54, 1.807) is 13.4 Å². The molecule has 2 rings (SSSR count). The summed E-state index contributed by atoms with van der Waals surface area (Å²) in [5.41, 5.74) is 1.17. The molecule has 1 unspecified atom stereocenters. The van der Waals surface area contributed by atoms with Gasteiger partial charge in [-0.3, -0.25) is 0 Å². The quantitative estimate of drug-likeness (QED) is 0.689. The van der Waals surface area contributed by atoms with Crippen molar-refractivity contribution >= 4 is 0 Å². The number of benzene rings is 1. The van der Waals surface area contributed by atoms with Gasteiger partial charge in [0.2, 0.25) is 0 Å². The largest absolute Gasteiger partial charge is 0.497 e. The molecule has 2 nitrogen and oxygen atoms in total. The second-order valence-corrected chi connectivity index (χ2v) is 3.01. The highest BCUT2D eigenvalue weighted by molar-refractivity contribution is 5.30. The number of hydrogen-bond acceptors (Lipinski definition) is 2. The molecule has 0 radical (unpaired) electrons. The standard InChI is InChI=1S/C11H12O2/c1-12-10-5-2-4-9(8-10)11-6-3-7-13-11/h2-5,7-8,11H,6H2,1H3. The van der Waals surface area contributed by atoms with Crippen LogP contribution in [0.15, 0.2) is 36.6 Å². The van der Waals surface area contributed by atoms with Gasteiger partial charge in [-0.2, -0.15) is 0 Å². The van der Waals surface area contributed by atoms with E-state index >= 15 is 0 Å². The number of rotatable bonds is 2. The first-order valence-electron chi connectivity index (χ1n) is 4.34. The second kappa shape index (κ2) is 3.52. The molecular weight excluding hydrogens is 164 g/mol. The van der Waals surface area contributed by atoms with Crippen LogP contribution in [0.3, 0.4) is 0 Å². The highest BCUT2D eigenvalue weighted by Gasteiger charge is 2.13. The summed E-state index contributed by atoms with van der Waals surface area (Å²) in [5.74, 6) is 0.882. The van der Waals surface area contributed by atoms with E-state index in [1.165, 1.54) is 5.56 Å². The molecule has 1 aliphatic heterocycles. The van der Waals surface area contributed by atoms with Crippen molar-refractivity contribution in [3.05, 3.63) is 42.2 Å². The zero-order chi connectivity index (χ0) is 9.10. The second-order valence-electron chi connectivity index (χ2n) is 3.01. The van der Waals surface area contributed by atoms with Gasteiger partial charge in [0.15, 0.2) is 0 Å². The van der Waals surface area contributed by atoms with E-state index < -0.39 is 0 Å². The predicted molar refractivity (Wildman–Crippen MR) is 50.6 cm³/mol. The summed E-state index contributed by atoms with van der Waals surface area (Å²) in [5, 5.41) is 0. The van der Waals surface area contributed by atoms with Crippen molar-refractivity contribution in [2.24, 2.45) is 0 Å². The van der Waals surface area contributed by atoms with Crippen LogP contribution in [-0.4, -0.2) is 7.11 Å². The molecule has 1 heterocycles. The van der Waals surface area contributed by atoms with Gasteiger partial charge in [-0.05, 0) is 23.8 Å². The molecule has 2 heteroatoms. The van der Waals surface area contributed by atoms with Crippen molar-refractivity contribution in [1.29, 1.82) is 0 Å². The maximum Gasteiger partial charge on any atom is 0.126 e. The van der Waals surface area contributed by atoms with E-state index in [0.717, 1.165) is 12.2 Å². The number of ether oxygens (including phenoxy) is 2. The molecule has 0 spiro atoms. The Hall–Kier alpha value is -1.44. The molecule has 0 saturated carbocycles. The summed E-state index contributed by atoms with van der Waals surface area (Å²) in [6.07, 6.45) is 4.91. The van der Waals surface area contributed by atoms with E-state index in [4.69, 9.17) is 9.47 Å². The molecular formula is C11H12O2. The van der Waals surface area contributed by atoms with Crippen molar-refractivity contribution in [3.8, 4) is 5.75 Å². The van der Waals surface area contributed by atoms with Crippen LogP contribution >= 0.6 is 0 Å². The van der Waals surface area contributed by atoms with Gasteiger partial charge < -0.3 is 9.47 Å². The van der Waals surface area contributed by atoms with Crippen molar-refractivity contribution < 1.29 is 9.47 Å². The predicted octanol–water partition coefficient (Wildman–Crippen LogP) is 2.67. The molecule has 0 amide bonds. The molecule has 1 aliphatic rings. The van der Waals surface area contributed by atoms with Crippen molar-refractivity contribution in [2.45, 2.75) is 12.5 Å². The van der Waals surface area contributed by atoms with Crippen LogP contribution in [0.2, 0.25) is 0 Å². The summed E-state index contributed by atoms with van der Waals surface area (Å²) < 4.78 is 10.5. The van der Waals surface area contributed by atoms with Gasteiger partial charge in [0, 0.05) is 6.42 Å². The third-order valence-corrected chi connectivity index (χ3v) is 2.15. The van der Waals surface area contributed by atoms with E-state index in [2.05, 4.69) is 6.07 Å². The van der Waals surface area contributed by atoms with Gasteiger partial charge in [0.05, 0.1) is 13.4 Å². The molecule has 0 fully saturated rings. The Morgan fingerprint density at radius 2 is 2.38 bits per heavy atom. The molecule has 13 heavy (non-hydrogen) atoms. The lowest BCUT2D eigenvalue weighted by Crippen LogP contribution is -1.95. The van der Waals surface area contributed by atoms with E-state index in [9.17, 15) is 0 Å². The monoisotopic (exact) mass is 176 g/mol. The van der Waals surface area contributed by atoms with Gasteiger partial charge >= 0.3 is 0 Å². The molecule has 0 N–H and O–H groups in total. The van der Waals surface area contributed by atoms with Crippen LogP contribution in [0.1, 0.15) is 18.1 Å². The smallest absolute Gasteiger partial charge is 0.126 e. The highest BCUT2D eigenvalue weighted by atomic mass is 16.5. The topological polar surface area (TPSA) is 18.5 Å². The van der Waals surface area contributed by atoms with E-state index in [-0.39, 0.29) is 6.10 Å². The molecule has 0 bridgehead atoms. The first kappa shape index (κ1) is 8.17. The zero-order valence-electron chi connectivity index (χ0n) is 7.57. The molecule has 0 saturated heterocycles. The molecule has 1 aromatic rings. The van der Waals surface area contributed by atoms with Gasteiger partial charge in [-0.25, -0.2) is 0 Å². The van der Waals surface area contributed by atoms with Crippen molar-refractivity contribution in [2.75, 3.05) is 7.11 Å². The first-order chi connectivity index (χ1) is 6.40. The number of methoxy groups -OCH3 is 1. The summed E-state index contributed by atoms with van der Waals surface area (Å²) >= 11 is 0. The SMILES string of the molecule is COc1cccc(C2CC=CO2)c1. The lowest BCUT2D eigenvalue weighted by atomic mass is 10.1.